The molecule has 21 heavy (non-hydrogen) atoms. The molecule has 1 fully saturated rings. The normalized spacial score (nSPS) is 17.0. The Bertz CT molecular complexity index is 492. The lowest BCUT2D eigenvalue weighted by Crippen LogP contribution is -2.43. The zero-order chi connectivity index (χ0) is 15.4. The highest BCUT2D eigenvalue weighted by Crippen LogP contribution is 2.27. The molecule has 0 radical (unpaired) electrons. The SMILES string of the molecule is COc1cc(C(=O)NC2CCN(C)CC2)ccc1C(C)C. The summed E-state index contributed by atoms with van der Waals surface area (Å²) in [5, 5.41) is 3.13. The maximum Gasteiger partial charge on any atom is 0.251 e. The number of hydrogen-bond acceptors (Lipinski definition) is 3. The third-order valence-corrected chi connectivity index (χ3v) is 4.17. The van der Waals surface area contributed by atoms with E-state index in [1.54, 1.807) is 7.11 Å². The second-order valence-electron chi connectivity index (χ2n) is 6.16. The average molecular weight is 290 g/mol. The Morgan fingerprint density at radius 1 is 1.33 bits per heavy atom. The van der Waals surface area contributed by atoms with Gasteiger partial charge >= 0.3 is 0 Å². The van der Waals surface area contributed by atoms with Crippen LogP contribution in [-0.2, 0) is 0 Å². The summed E-state index contributed by atoms with van der Waals surface area (Å²) in [4.78, 5) is 14.7. The Morgan fingerprint density at radius 2 is 2.00 bits per heavy atom. The lowest BCUT2D eigenvalue weighted by atomic mass is 9.99. The van der Waals surface area contributed by atoms with Gasteiger partial charge in [-0.3, -0.25) is 4.79 Å². The fourth-order valence-corrected chi connectivity index (χ4v) is 2.75. The van der Waals surface area contributed by atoms with Crippen LogP contribution >= 0.6 is 0 Å². The van der Waals surface area contributed by atoms with Gasteiger partial charge in [-0.25, -0.2) is 0 Å². The molecule has 116 valence electrons. The first-order valence-electron chi connectivity index (χ1n) is 7.68. The number of carbonyl (C=O) groups excluding carboxylic acids is 1. The predicted octanol–water partition coefficient (Wildman–Crippen LogP) is 2.64. The summed E-state index contributed by atoms with van der Waals surface area (Å²) >= 11 is 0. The Labute approximate surface area is 127 Å². The van der Waals surface area contributed by atoms with Crippen molar-refractivity contribution >= 4 is 5.91 Å². The molecule has 1 N–H and O–H groups in total. The van der Waals surface area contributed by atoms with E-state index in [2.05, 4.69) is 31.1 Å². The molecule has 1 aromatic rings. The van der Waals surface area contributed by atoms with Crippen molar-refractivity contribution in [1.82, 2.24) is 10.2 Å². The fourth-order valence-electron chi connectivity index (χ4n) is 2.75. The number of nitrogens with one attached hydrogen (secondary N) is 1. The van der Waals surface area contributed by atoms with Crippen molar-refractivity contribution in [2.75, 3.05) is 27.2 Å². The van der Waals surface area contributed by atoms with E-state index in [1.807, 2.05) is 18.2 Å². The topological polar surface area (TPSA) is 41.6 Å². The smallest absolute Gasteiger partial charge is 0.251 e. The van der Waals surface area contributed by atoms with Gasteiger partial charge in [-0.15, -0.1) is 0 Å². The molecule has 2 rings (SSSR count). The van der Waals surface area contributed by atoms with Crippen LogP contribution in [0, 0.1) is 0 Å². The summed E-state index contributed by atoms with van der Waals surface area (Å²) < 4.78 is 5.41. The fraction of sp³-hybridized carbons (Fsp3) is 0.588. The minimum atomic E-state index is -0.00170. The van der Waals surface area contributed by atoms with Crippen LogP contribution in [0.1, 0.15) is 48.5 Å². The Hall–Kier alpha value is -1.55. The van der Waals surface area contributed by atoms with Crippen LogP contribution in [0.25, 0.3) is 0 Å². The van der Waals surface area contributed by atoms with Gasteiger partial charge in [0.05, 0.1) is 7.11 Å². The van der Waals surface area contributed by atoms with Crippen LogP contribution in [0.4, 0.5) is 0 Å². The largest absolute Gasteiger partial charge is 0.496 e. The summed E-state index contributed by atoms with van der Waals surface area (Å²) in [6.07, 6.45) is 2.03. The van der Waals surface area contributed by atoms with Gasteiger partial charge in [-0.05, 0) is 56.6 Å². The van der Waals surface area contributed by atoms with E-state index in [0.29, 0.717) is 11.5 Å². The van der Waals surface area contributed by atoms with E-state index < -0.39 is 0 Å². The number of nitrogens with zero attached hydrogens (tertiary/aromatic N) is 1. The summed E-state index contributed by atoms with van der Waals surface area (Å²) in [6, 6.07) is 6.01. The molecule has 1 aliphatic rings. The zero-order valence-corrected chi connectivity index (χ0v) is 13.5. The summed E-state index contributed by atoms with van der Waals surface area (Å²) in [5.41, 5.74) is 1.81. The molecule has 0 spiro atoms. The Balaban J connectivity index is 2.05. The molecule has 0 atom stereocenters. The van der Waals surface area contributed by atoms with Gasteiger partial charge < -0.3 is 15.0 Å². The van der Waals surface area contributed by atoms with Crippen LogP contribution in [0.2, 0.25) is 0 Å². The third-order valence-electron chi connectivity index (χ3n) is 4.17. The van der Waals surface area contributed by atoms with Crippen molar-refractivity contribution in [3.63, 3.8) is 0 Å². The number of carbonyl (C=O) groups is 1. The maximum atomic E-state index is 12.4. The molecule has 1 aromatic carbocycles. The molecule has 0 saturated carbocycles. The number of piperidine rings is 1. The maximum absolute atomic E-state index is 12.4. The Morgan fingerprint density at radius 3 is 2.57 bits per heavy atom. The summed E-state index contributed by atoms with van der Waals surface area (Å²) in [5.74, 6) is 1.17. The molecule has 0 aliphatic carbocycles. The van der Waals surface area contributed by atoms with E-state index >= 15 is 0 Å². The first-order valence-corrected chi connectivity index (χ1v) is 7.68. The minimum absolute atomic E-state index is 0.00170. The molecule has 1 aliphatic heterocycles. The first-order chi connectivity index (χ1) is 10.0. The van der Waals surface area contributed by atoms with E-state index in [1.165, 1.54) is 0 Å². The zero-order valence-electron chi connectivity index (χ0n) is 13.5. The van der Waals surface area contributed by atoms with Crippen LogP contribution in [0.15, 0.2) is 18.2 Å². The molecular formula is C17H26N2O2. The Kier molecular flexibility index (Phi) is 5.23. The molecule has 4 nitrogen and oxygen atoms in total. The highest BCUT2D eigenvalue weighted by Gasteiger charge is 2.20. The van der Waals surface area contributed by atoms with Gasteiger partial charge in [0, 0.05) is 11.6 Å². The lowest BCUT2D eigenvalue weighted by Gasteiger charge is -2.29. The van der Waals surface area contributed by atoms with Gasteiger partial charge in [-0.1, -0.05) is 19.9 Å². The van der Waals surface area contributed by atoms with E-state index in [9.17, 15) is 4.79 Å². The van der Waals surface area contributed by atoms with Gasteiger partial charge in [0.25, 0.3) is 5.91 Å². The quantitative estimate of drug-likeness (QED) is 0.927. The second kappa shape index (κ2) is 6.94. The summed E-state index contributed by atoms with van der Waals surface area (Å²) in [6.45, 7) is 6.33. The monoisotopic (exact) mass is 290 g/mol. The number of rotatable bonds is 4. The van der Waals surface area contributed by atoms with Crippen LogP contribution in [-0.4, -0.2) is 44.1 Å². The molecule has 1 heterocycles. The van der Waals surface area contributed by atoms with Crippen molar-refractivity contribution in [3.05, 3.63) is 29.3 Å². The predicted molar refractivity (Wildman–Crippen MR) is 85.1 cm³/mol. The highest BCUT2D eigenvalue weighted by molar-refractivity contribution is 5.95. The van der Waals surface area contributed by atoms with Gasteiger partial charge in [0.1, 0.15) is 5.75 Å². The molecule has 4 heteroatoms. The number of likely N-dealkylation sites (tertiary alicyclic amines) is 1. The number of ether oxygens (including phenoxy) is 1. The van der Waals surface area contributed by atoms with Crippen molar-refractivity contribution in [1.29, 1.82) is 0 Å². The van der Waals surface area contributed by atoms with Crippen LogP contribution in [0.5, 0.6) is 5.75 Å². The molecular weight excluding hydrogens is 264 g/mol. The van der Waals surface area contributed by atoms with Crippen molar-refractivity contribution < 1.29 is 9.53 Å². The van der Waals surface area contributed by atoms with Crippen LogP contribution < -0.4 is 10.1 Å². The van der Waals surface area contributed by atoms with Crippen molar-refractivity contribution in [3.8, 4) is 5.75 Å². The first kappa shape index (κ1) is 15.8. The number of benzene rings is 1. The van der Waals surface area contributed by atoms with E-state index in [0.717, 1.165) is 37.2 Å². The van der Waals surface area contributed by atoms with Gasteiger partial charge in [0.15, 0.2) is 0 Å². The van der Waals surface area contributed by atoms with E-state index in [-0.39, 0.29) is 11.9 Å². The molecule has 0 bridgehead atoms. The van der Waals surface area contributed by atoms with Gasteiger partial charge in [-0.2, -0.15) is 0 Å². The third kappa shape index (κ3) is 3.97. The second-order valence-corrected chi connectivity index (χ2v) is 6.16. The standard InChI is InChI=1S/C17H26N2O2/c1-12(2)15-6-5-13(11-16(15)21-4)17(20)18-14-7-9-19(3)10-8-14/h5-6,11-12,14H,7-10H2,1-4H3,(H,18,20). The molecule has 1 saturated heterocycles. The molecule has 0 unspecified atom stereocenters. The number of amides is 1. The number of methoxy groups -OCH3 is 1. The minimum Gasteiger partial charge on any atom is -0.496 e. The lowest BCUT2D eigenvalue weighted by molar-refractivity contribution is 0.0916. The van der Waals surface area contributed by atoms with Gasteiger partial charge in [0.2, 0.25) is 0 Å². The van der Waals surface area contributed by atoms with Crippen molar-refractivity contribution in [2.45, 2.75) is 38.6 Å². The molecule has 1 amide bonds. The highest BCUT2D eigenvalue weighted by atomic mass is 16.5. The van der Waals surface area contributed by atoms with Crippen LogP contribution in [0.3, 0.4) is 0 Å². The summed E-state index contributed by atoms with van der Waals surface area (Å²) in [7, 11) is 3.77. The molecule has 0 aromatic heterocycles. The van der Waals surface area contributed by atoms with E-state index in [4.69, 9.17) is 4.74 Å². The van der Waals surface area contributed by atoms with Crippen molar-refractivity contribution in [2.24, 2.45) is 0 Å². The number of hydrogen-bond donors (Lipinski definition) is 1. The average Bonchev–Trinajstić information content (AvgIpc) is 2.48.